The lowest BCUT2D eigenvalue weighted by Crippen LogP contribution is -2.47. The van der Waals surface area contributed by atoms with E-state index in [-0.39, 0.29) is 11.5 Å². The summed E-state index contributed by atoms with van der Waals surface area (Å²) in [6, 6.07) is 5.02. The number of rotatable bonds is 9. The van der Waals surface area contributed by atoms with E-state index in [4.69, 9.17) is 9.47 Å². The van der Waals surface area contributed by atoms with Gasteiger partial charge in [0.25, 0.3) is 11.8 Å². The minimum Gasteiger partial charge on any atom is -0.493 e. The van der Waals surface area contributed by atoms with Crippen LogP contribution in [-0.2, 0) is 14.3 Å². The van der Waals surface area contributed by atoms with E-state index in [1.165, 1.54) is 0 Å². The molecule has 0 unspecified atom stereocenters. The Morgan fingerprint density at radius 1 is 1.07 bits per heavy atom. The minimum absolute atomic E-state index is 0.289. The van der Waals surface area contributed by atoms with E-state index in [2.05, 4.69) is 10.6 Å². The molecule has 0 heterocycles. The third-order valence-corrected chi connectivity index (χ3v) is 3.57. The van der Waals surface area contributed by atoms with Crippen molar-refractivity contribution in [2.75, 3.05) is 19.8 Å². The number of amides is 4. The maximum absolute atomic E-state index is 12.6. The van der Waals surface area contributed by atoms with Crippen LogP contribution in [0.25, 0.3) is 0 Å². The molecule has 9 heteroatoms. The molecule has 0 aliphatic rings. The normalized spacial score (nSPS) is 11.3. The van der Waals surface area contributed by atoms with Crippen molar-refractivity contribution in [3.8, 4) is 5.75 Å². The molecule has 1 rings (SSSR count). The van der Waals surface area contributed by atoms with E-state index in [0.29, 0.717) is 18.9 Å². The summed E-state index contributed by atoms with van der Waals surface area (Å²) in [5, 5.41) is 7.02. The van der Waals surface area contributed by atoms with Crippen LogP contribution in [0.15, 0.2) is 24.3 Å². The number of nitrogens with one attached hydrogen (secondary N) is 3. The van der Waals surface area contributed by atoms with Crippen LogP contribution in [0, 0.1) is 5.92 Å². The van der Waals surface area contributed by atoms with Crippen molar-refractivity contribution in [3.05, 3.63) is 29.8 Å². The molecule has 0 aliphatic heterocycles. The summed E-state index contributed by atoms with van der Waals surface area (Å²) in [6.07, 6.45) is 0. The van der Waals surface area contributed by atoms with Crippen molar-refractivity contribution < 1.29 is 28.7 Å². The molecule has 0 saturated heterocycles. The van der Waals surface area contributed by atoms with Gasteiger partial charge in [-0.05, 0) is 31.9 Å². The third-order valence-electron chi connectivity index (χ3n) is 3.57. The molecule has 28 heavy (non-hydrogen) atoms. The number of carbonyl (C=O) groups is 4. The van der Waals surface area contributed by atoms with Gasteiger partial charge in [-0.3, -0.25) is 14.9 Å². The third kappa shape index (κ3) is 7.26. The molecule has 0 bridgehead atoms. The van der Waals surface area contributed by atoms with Crippen molar-refractivity contribution in [1.82, 2.24) is 16.0 Å². The molecule has 0 aliphatic carbocycles. The number of para-hydroxylation sites is 1. The van der Waals surface area contributed by atoms with E-state index >= 15 is 0 Å². The molecular weight excluding hydrogens is 366 g/mol. The molecule has 0 aromatic heterocycles. The first kappa shape index (κ1) is 22.9. The zero-order chi connectivity index (χ0) is 21.1. The first-order valence-corrected chi connectivity index (χ1v) is 9.07. The number of imide groups is 1. The molecule has 1 aromatic carbocycles. The van der Waals surface area contributed by atoms with Crippen molar-refractivity contribution in [1.29, 1.82) is 0 Å². The monoisotopic (exact) mass is 393 g/mol. The maximum Gasteiger partial charge on any atom is 0.329 e. The lowest BCUT2D eigenvalue weighted by molar-refractivity contribution is -0.151. The molecule has 1 atom stereocenters. The fourth-order valence-electron chi connectivity index (χ4n) is 2.25. The Morgan fingerprint density at radius 2 is 1.75 bits per heavy atom. The number of esters is 1. The fourth-order valence-corrected chi connectivity index (χ4v) is 2.25. The summed E-state index contributed by atoms with van der Waals surface area (Å²) in [4.78, 5) is 47.8. The molecule has 0 fully saturated rings. The van der Waals surface area contributed by atoms with Gasteiger partial charge in [0.05, 0.1) is 12.2 Å². The van der Waals surface area contributed by atoms with Crippen molar-refractivity contribution in [2.45, 2.75) is 33.7 Å². The summed E-state index contributed by atoms with van der Waals surface area (Å²) in [5.74, 6) is -1.92. The Hall–Kier alpha value is -3.10. The molecule has 0 radical (unpaired) electrons. The van der Waals surface area contributed by atoms with E-state index in [1.807, 2.05) is 5.32 Å². The van der Waals surface area contributed by atoms with Crippen LogP contribution in [0.2, 0.25) is 0 Å². The zero-order valence-corrected chi connectivity index (χ0v) is 16.5. The molecule has 0 spiro atoms. The summed E-state index contributed by atoms with van der Waals surface area (Å²) >= 11 is 0. The molecule has 4 amide bonds. The number of ether oxygens (including phenoxy) is 2. The number of hydrogen-bond donors (Lipinski definition) is 3. The first-order valence-electron chi connectivity index (χ1n) is 9.07. The predicted octanol–water partition coefficient (Wildman–Crippen LogP) is 1.23. The van der Waals surface area contributed by atoms with Gasteiger partial charge >= 0.3 is 12.0 Å². The standard InChI is InChI=1S/C19H27N3O6/c1-5-20-19(26)21-15(23)11-28-18(25)16(12(3)4)22-17(24)13-9-7-8-10-14(13)27-6-2/h7-10,12,16H,5-6,11H2,1-4H3,(H,22,24)(H2,20,21,23,26)/t16-/m0/s1. The second kappa shape index (κ2) is 11.6. The highest BCUT2D eigenvalue weighted by Gasteiger charge is 2.27. The zero-order valence-electron chi connectivity index (χ0n) is 16.5. The van der Waals surface area contributed by atoms with Crippen molar-refractivity contribution >= 4 is 23.8 Å². The topological polar surface area (TPSA) is 123 Å². The Balaban J connectivity index is 2.72. The predicted molar refractivity (Wildman–Crippen MR) is 102 cm³/mol. The average molecular weight is 393 g/mol. The van der Waals surface area contributed by atoms with Crippen LogP contribution in [0.3, 0.4) is 0 Å². The lowest BCUT2D eigenvalue weighted by Gasteiger charge is -2.21. The van der Waals surface area contributed by atoms with Crippen LogP contribution in [0.1, 0.15) is 38.1 Å². The smallest absolute Gasteiger partial charge is 0.329 e. The van der Waals surface area contributed by atoms with Gasteiger partial charge in [-0.1, -0.05) is 26.0 Å². The van der Waals surface area contributed by atoms with Gasteiger partial charge < -0.3 is 20.1 Å². The van der Waals surface area contributed by atoms with Gasteiger partial charge in [0, 0.05) is 6.54 Å². The van der Waals surface area contributed by atoms with Crippen LogP contribution >= 0.6 is 0 Å². The minimum atomic E-state index is -0.973. The molecule has 1 aromatic rings. The summed E-state index contributed by atoms with van der Waals surface area (Å²) in [7, 11) is 0. The Labute approximate surface area is 164 Å². The van der Waals surface area contributed by atoms with Gasteiger partial charge in [-0.15, -0.1) is 0 Å². The van der Waals surface area contributed by atoms with Crippen LogP contribution in [0.4, 0.5) is 4.79 Å². The van der Waals surface area contributed by atoms with Gasteiger partial charge in [0.2, 0.25) is 0 Å². The second-order valence-electron chi connectivity index (χ2n) is 6.14. The second-order valence-corrected chi connectivity index (χ2v) is 6.14. The average Bonchev–Trinajstić information content (AvgIpc) is 2.64. The SMILES string of the molecule is CCNC(=O)NC(=O)COC(=O)[C@@H](NC(=O)c1ccccc1OCC)C(C)C. The maximum atomic E-state index is 12.6. The van der Waals surface area contributed by atoms with Crippen LogP contribution < -0.4 is 20.7 Å². The Morgan fingerprint density at radius 3 is 2.36 bits per heavy atom. The van der Waals surface area contributed by atoms with Gasteiger partial charge in [0.15, 0.2) is 6.61 Å². The number of benzene rings is 1. The van der Waals surface area contributed by atoms with E-state index in [1.54, 1.807) is 52.0 Å². The quantitative estimate of drug-likeness (QED) is 0.542. The van der Waals surface area contributed by atoms with Gasteiger partial charge in [-0.25, -0.2) is 9.59 Å². The van der Waals surface area contributed by atoms with Crippen molar-refractivity contribution in [2.24, 2.45) is 5.92 Å². The Bertz CT molecular complexity index is 705. The molecule has 9 nitrogen and oxygen atoms in total. The molecule has 3 N–H and O–H groups in total. The van der Waals surface area contributed by atoms with E-state index in [0.717, 1.165) is 0 Å². The summed E-state index contributed by atoms with van der Waals surface area (Å²) in [5.41, 5.74) is 0.289. The van der Waals surface area contributed by atoms with Gasteiger partial charge in [0.1, 0.15) is 11.8 Å². The molecule has 154 valence electrons. The lowest BCUT2D eigenvalue weighted by atomic mass is 10.0. The summed E-state index contributed by atoms with van der Waals surface area (Å²) < 4.78 is 10.4. The Kier molecular flexibility index (Phi) is 9.49. The largest absolute Gasteiger partial charge is 0.493 e. The highest BCUT2D eigenvalue weighted by atomic mass is 16.5. The molecule has 0 saturated carbocycles. The van der Waals surface area contributed by atoms with Crippen LogP contribution in [-0.4, -0.2) is 49.6 Å². The van der Waals surface area contributed by atoms with E-state index < -0.39 is 36.5 Å². The van der Waals surface area contributed by atoms with Crippen molar-refractivity contribution in [3.63, 3.8) is 0 Å². The molecular formula is C19H27N3O6. The van der Waals surface area contributed by atoms with Gasteiger partial charge in [-0.2, -0.15) is 0 Å². The van der Waals surface area contributed by atoms with Crippen LogP contribution in [0.5, 0.6) is 5.75 Å². The number of carbonyl (C=O) groups excluding carboxylic acids is 4. The fraction of sp³-hybridized carbons (Fsp3) is 0.474. The highest BCUT2D eigenvalue weighted by molar-refractivity contribution is 5.99. The van der Waals surface area contributed by atoms with E-state index in [9.17, 15) is 19.2 Å². The summed E-state index contributed by atoms with van der Waals surface area (Å²) in [6.45, 7) is 7.07. The number of hydrogen-bond acceptors (Lipinski definition) is 6. The number of urea groups is 1. The first-order chi connectivity index (χ1) is 13.3. The highest BCUT2D eigenvalue weighted by Crippen LogP contribution is 2.18.